The molecule has 0 atom stereocenters. The highest BCUT2D eigenvalue weighted by Gasteiger charge is 2.55. The Bertz CT molecular complexity index is 520. The highest BCUT2D eigenvalue weighted by molar-refractivity contribution is 5.92. The van der Waals surface area contributed by atoms with Gasteiger partial charge in [0.25, 0.3) is 12.3 Å². The second-order valence-electron chi connectivity index (χ2n) is 5.41. The Kier molecular flexibility index (Phi) is 4.72. The van der Waals surface area contributed by atoms with Gasteiger partial charge in [-0.2, -0.15) is 18.3 Å². The molecule has 1 aromatic heterocycles. The van der Waals surface area contributed by atoms with Crippen LogP contribution in [0.1, 0.15) is 42.6 Å². The Labute approximate surface area is 123 Å². The number of nitrogens with zero attached hydrogens (tertiary/aromatic N) is 2. The molecule has 9 heteroatoms. The molecule has 1 N–H and O–H groups in total. The van der Waals surface area contributed by atoms with E-state index in [-0.39, 0.29) is 18.5 Å². The van der Waals surface area contributed by atoms with Crippen molar-refractivity contribution in [2.75, 3.05) is 0 Å². The standard InChI is InChI=1S/C13H16F5N3O/c14-10(15)8-21-7-4-9(20-21)11(22)19-12(13(16,17)18)5-2-1-3-6-12/h4,7,10H,1-3,5-6,8H2,(H,19,22). The van der Waals surface area contributed by atoms with Crippen LogP contribution in [0.4, 0.5) is 22.0 Å². The molecule has 0 aromatic carbocycles. The fourth-order valence-electron chi connectivity index (χ4n) is 2.64. The predicted molar refractivity (Wildman–Crippen MR) is 67.6 cm³/mol. The number of aromatic nitrogens is 2. The van der Waals surface area contributed by atoms with E-state index in [1.807, 2.05) is 5.32 Å². The summed E-state index contributed by atoms with van der Waals surface area (Å²) < 4.78 is 65.2. The fourth-order valence-corrected chi connectivity index (χ4v) is 2.64. The van der Waals surface area contributed by atoms with Crippen molar-refractivity contribution in [2.45, 2.75) is 56.8 Å². The number of halogens is 5. The van der Waals surface area contributed by atoms with Crippen LogP contribution in [-0.4, -0.2) is 33.8 Å². The first kappa shape index (κ1) is 16.7. The molecule has 0 spiro atoms. The smallest absolute Gasteiger partial charge is 0.336 e. The van der Waals surface area contributed by atoms with Crippen molar-refractivity contribution in [1.29, 1.82) is 0 Å². The van der Waals surface area contributed by atoms with Gasteiger partial charge in [-0.25, -0.2) is 8.78 Å². The molecule has 0 unspecified atom stereocenters. The highest BCUT2D eigenvalue weighted by atomic mass is 19.4. The first-order valence-corrected chi connectivity index (χ1v) is 6.94. The van der Waals surface area contributed by atoms with Gasteiger partial charge < -0.3 is 5.32 Å². The maximum absolute atomic E-state index is 13.3. The number of amides is 1. The maximum Gasteiger partial charge on any atom is 0.411 e. The second-order valence-corrected chi connectivity index (χ2v) is 5.41. The molecule has 2 rings (SSSR count). The Balaban J connectivity index is 2.13. The third-order valence-electron chi connectivity index (χ3n) is 3.80. The van der Waals surface area contributed by atoms with Crippen LogP contribution in [0.15, 0.2) is 12.3 Å². The lowest BCUT2D eigenvalue weighted by molar-refractivity contribution is -0.201. The minimum Gasteiger partial charge on any atom is -0.336 e. The molecule has 22 heavy (non-hydrogen) atoms. The van der Waals surface area contributed by atoms with Crippen molar-refractivity contribution in [2.24, 2.45) is 0 Å². The Morgan fingerprint density at radius 2 is 1.95 bits per heavy atom. The zero-order chi connectivity index (χ0) is 16.4. The van der Waals surface area contributed by atoms with Crippen molar-refractivity contribution in [3.8, 4) is 0 Å². The van der Waals surface area contributed by atoms with E-state index < -0.39 is 30.6 Å². The molecule has 1 fully saturated rings. The lowest BCUT2D eigenvalue weighted by Crippen LogP contribution is -2.59. The summed E-state index contributed by atoms with van der Waals surface area (Å²) in [6.07, 6.45) is -5.00. The van der Waals surface area contributed by atoms with E-state index in [0.717, 1.165) is 16.9 Å². The van der Waals surface area contributed by atoms with E-state index in [0.29, 0.717) is 19.3 Å². The van der Waals surface area contributed by atoms with Crippen molar-refractivity contribution < 1.29 is 26.7 Å². The molecule has 1 saturated carbocycles. The summed E-state index contributed by atoms with van der Waals surface area (Å²) in [5, 5.41) is 5.61. The number of carbonyl (C=O) groups is 1. The zero-order valence-corrected chi connectivity index (χ0v) is 11.7. The van der Waals surface area contributed by atoms with Gasteiger partial charge in [-0.1, -0.05) is 19.3 Å². The molecule has 0 saturated heterocycles. The first-order chi connectivity index (χ1) is 10.2. The molecule has 1 heterocycles. The molecule has 0 aliphatic heterocycles. The van der Waals surface area contributed by atoms with E-state index in [2.05, 4.69) is 5.10 Å². The zero-order valence-electron chi connectivity index (χ0n) is 11.7. The lowest BCUT2D eigenvalue weighted by Gasteiger charge is -2.39. The van der Waals surface area contributed by atoms with Gasteiger partial charge in [0, 0.05) is 6.20 Å². The van der Waals surface area contributed by atoms with Gasteiger partial charge in [0.1, 0.15) is 17.8 Å². The summed E-state index contributed by atoms with van der Waals surface area (Å²) in [5.74, 6) is -0.993. The summed E-state index contributed by atoms with van der Waals surface area (Å²) in [7, 11) is 0. The summed E-state index contributed by atoms with van der Waals surface area (Å²) in [6, 6.07) is 1.13. The Morgan fingerprint density at radius 1 is 1.32 bits per heavy atom. The molecule has 0 bridgehead atoms. The molecule has 0 radical (unpaired) electrons. The topological polar surface area (TPSA) is 46.9 Å². The maximum atomic E-state index is 13.3. The average molecular weight is 325 g/mol. The number of alkyl halides is 5. The number of carbonyl (C=O) groups excluding carboxylic acids is 1. The van der Waals surface area contributed by atoms with E-state index in [9.17, 15) is 26.7 Å². The van der Waals surface area contributed by atoms with Crippen molar-refractivity contribution in [3.63, 3.8) is 0 Å². The van der Waals surface area contributed by atoms with Gasteiger partial charge in [-0.3, -0.25) is 9.48 Å². The molecule has 4 nitrogen and oxygen atoms in total. The quantitative estimate of drug-likeness (QED) is 0.865. The van der Waals surface area contributed by atoms with Crippen LogP contribution in [0.3, 0.4) is 0 Å². The molecular formula is C13H16F5N3O. The summed E-state index contributed by atoms with van der Waals surface area (Å²) >= 11 is 0. The molecule has 1 amide bonds. The minimum absolute atomic E-state index is 0.181. The SMILES string of the molecule is O=C(NC1(C(F)(F)F)CCCCC1)c1ccn(CC(F)F)n1. The van der Waals surface area contributed by atoms with Crippen LogP contribution < -0.4 is 5.32 Å². The van der Waals surface area contributed by atoms with E-state index in [1.54, 1.807) is 0 Å². The largest absolute Gasteiger partial charge is 0.411 e. The summed E-state index contributed by atoms with van der Waals surface area (Å²) in [4.78, 5) is 12.0. The molecular weight excluding hydrogens is 309 g/mol. The van der Waals surface area contributed by atoms with Crippen LogP contribution in [0, 0.1) is 0 Å². The normalized spacial score (nSPS) is 18.5. The van der Waals surface area contributed by atoms with Gasteiger partial charge in [0.15, 0.2) is 0 Å². The summed E-state index contributed by atoms with van der Waals surface area (Å²) in [6.45, 7) is -0.711. The number of nitrogens with one attached hydrogen (secondary N) is 1. The number of hydrogen-bond acceptors (Lipinski definition) is 2. The Morgan fingerprint density at radius 3 is 2.50 bits per heavy atom. The fraction of sp³-hybridized carbons (Fsp3) is 0.692. The average Bonchev–Trinajstić information content (AvgIpc) is 2.86. The number of hydrogen-bond donors (Lipinski definition) is 1. The van der Waals surface area contributed by atoms with E-state index in [4.69, 9.17) is 0 Å². The van der Waals surface area contributed by atoms with Gasteiger partial charge >= 0.3 is 6.18 Å². The van der Waals surface area contributed by atoms with Crippen molar-refractivity contribution in [1.82, 2.24) is 15.1 Å². The van der Waals surface area contributed by atoms with Crippen LogP contribution in [0.5, 0.6) is 0 Å². The highest BCUT2D eigenvalue weighted by Crippen LogP contribution is 2.41. The molecule has 1 aromatic rings. The third-order valence-corrected chi connectivity index (χ3v) is 3.80. The molecule has 124 valence electrons. The van der Waals surface area contributed by atoms with Crippen LogP contribution in [0.2, 0.25) is 0 Å². The van der Waals surface area contributed by atoms with E-state index in [1.165, 1.54) is 0 Å². The van der Waals surface area contributed by atoms with Crippen LogP contribution >= 0.6 is 0 Å². The van der Waals surface area contributed by atoms with Crippen molar-refractivity contribution >= 4 is 5.91 Å². The molecule has 1 aliphatic rings. The first-order valence-electron chi connectivity index (χ1n) is 6.94. The van der Waals surface area contributed by atoms with Crippen molar-refractivity contribution in [3.05, 3.63) is 18.0 Å². The predicted octanol–water partition coefficient (Wildman–Crippen LogP) is 3.14. The van der Waals surface area contributed by atoms with Crippen LogP contribution in [0.25, 0.3) is 0 Å². The van der Waals surface area contributed by atoms with Gasteiger partial charge in [-0.05, 0) is 18.9 Å². The Hall–Kier alpha value is -1.67. The van der Waals surface area contributed by atoms with E-state index >= 15 is 0 Å². The summed E-state index contributed by atoms with van der Waals surface area (Å²) in [5.41, 5.74) is -2.55. The van der Waals surface area contributed by atoms with Crippen LogP contribution in [-0.2, 0) is 6.54 Å². The monoisotopic (exact) mass is 325 g/mol. The lowest BCUT2D eigenvalue weighted by atomic mass is 9.81. The minimum atomic E-state index is -4.56. The second kappa shape index (κ2) is 6.21. The number of rotatable bonds is 4. The third kappa shape index (κ3) is 3.56. The molecule has 1 aliphatic carbocycles. The van der Waals surface area contributed by atoms with Gasteiger partial charge in [-0.15, -0.1) is 0 Å². The van der Waals surface area contributed by atoms with Gasteiger partial charge in [0.2, 0.25) is 0 Å². The van der Waals surface area contributed by atoms with Gasteiger partial charge in [0.05, 0.1) is 0 Å².